The molecule has 4 rings (SSSR count). The Hall–Kier alpha value is -4.26. The molecule has 0 spiro atoms. The molecule has 0 aliphatic rings. The zero-order chi connectivity index (χ0) is 21.8. The Morgan fingerprint density at radius 2 is 1.32 bits per heavy atom. The molecule has 2 amide bonds. The molecule has 7 heteroatoms. The van der Waals surface area contributed by atoms with Crippen molar-refractivity contribution < 1.29 is 23.5 Å². The number of para-hydroxylation sites is 1. The van der Waals surface area contributed by atoms with Crippen molar-refractivity contribution in [3.63, 3.8) is 0 Å². The van der Waals surface area contributed by atoms with Crippen molar-refractivity contribution in [1.29, 1.82) is 0 Å². The lowest BCUT2D eigenvalue weighted by atomic mass is 10.1. The summed E-state index contributed by atoms with van der Waals surface area (Å²) in [5, 5.41) is 6.45. The molecule has 0 bridgehead atoms. The highest BCUT2D eigenvalue weighted by atomic mass is 16.5. The first-order valence-electron chi connectivity index (χ1n) is 9.51. The van der Waals surface area contributed by atoms with E-state index in [4.69, 9.17) is 13.9 Å². The van der Waals surface area contributed by atoms with Crippen LogP contribution in [0.1, 0.15) is 20.9 Å². The molecule has 0 unspecified atom stereocenters. The first-order chi connectivity index (χ1) is 15.1. The summed E-state index contributed by atoms with van der Waals surface area (Å²) in [6, 6.07) is 21.0. The first-order valence-corrected chi connectivity index (χ1v) is 9.51. The van der Waals surface area contributed by atoms with Crippen LogP contribution in [0.15, 0.2) is 77.2 Å². The normalized spacial score (nSPS) is 10.5. The fraction of sp³-hybridized carbons (Fsp3) is 0.0833. The number of carbonyl (C=O) groups is 2. The van der Waals surface area contributed by atoms with Gasteiger partial charge in [-0.25, -0.2) is 0 Å². The molecular formula is C24H20N2O5. The number of hydrogen-bond donors (Lipinski definition) is 2. The minimum atomic E-state index is -0.367. The zero-order valence-corrected chi connectivity index (χ0v) is 17.0. The van der Waals surface area contributed by atoms with Gasteiger partial charge in [0, 0.05) is 16.8 Å². The van der Waals surface area contributed by atoms with E-state index < -0.39 is 0 Å². The van der Waals surface area contributed by atoms with Crippen LogP contribution in [0.3, 0.4) is 0 Å². The van der Waals surface area contributed by atoms with E-state index in [9.17, 15) is 9.59 Å². The number of hydrogen-bond acceptors (Lipinski definition) is 5. The standard InChI is InChI=1S/C24H20N2O5/c1-29-19-8-5-9-20(30-2)22(19)24(28)26-17-12-10-16(11-13-17)25-23(27)21-14-15-6-3-4-7-18(15)31-21/h3-14H,1-2H3,(H,25,27)(H,26,28). The molecule has 0 atom stereocenters. The number of anilines is 2. The van der Waals surface area contributed by atoms with Crippen molar-refractivity contribution in [2.75, 3.05) is 24.9 Å². The van der Waals surface area contributed by atoms with Crippen molar-refractivity contribution in [3.05, 3.63) is 84.1 Å². The molecule has 1 heterocycles. The minimum Gasteiger partial charge on any atom is -0.496 e. The van der Waals surface area contributed by atoms with Crippen molar-refractivity contribution in [2.45, 2.75) is 0 Å². The van der Waals surface area contributed by atoms with Crippen molar-refractivity contribution in [1.82, 2.24) is 0 Å². The van der Waals surface area contributed by atoms with Gasteiger partial charge in [0.05, 0.1) is 14.2 Å². The van der Waals surface area contributed by atoms with E-state index in [1.54, 1.807) is 54.6 Å². The summed E-state index contributed by atoms with van der Waals surface area (Å²) in [5.74, 6) is 0.320. The first kappa shape index (κ1) is 20.0. The highest BCUT2D eigenvalue weighted by molar-refractivity contribution is 6.08. The third-order valence-corrected chi connectivity index (χ3v) is 4.70. The van der Waals surface area contributed by atoms with Crippen LogP contribution < -0.4 is 20.1 Å². The molecule has 156 valence electrons. The second kappa shape index (κ2) is 8.62. The van der Waals surface area contributed by atoms with Crippen LogP contribution in [0.25, 0.3) is 11.0 Å². The van der Waals surface area contributed by atoms with Crippen LogP contribution >= 0.6 is 0 Å². The molecule has 0 saturated carbocycles. The number of carbonyl (C=O) groups excluding carboxylic acids is 2. The Labute approximate surface area is 178 Å². The molecule has 2 N–H and O–H groups in total. The van der Waals surface area contributed by atoms with Crippen LogP contribution in [0.2, 0.25) is 0 Å². The largest absolute Gasteiger partial charge is 0.496 e. The molecule has 7 nitrogen and oxygen atoms in total. The van der Waals surface area contributed by atoms with E-state index in [-0.39, 0.29) is 17.6 Å². The van der Waals surface area contributed by atoms with Crippen LogP contribution in [-0.4, -0.2) is 26.0 Å². The molecule has 0 saturated heterocycles. The van der Waals surface area contributed by atoms with Gasteiger partial charge in [-0.2, -0.15) is 0 Å². The van der Waals surface area contributed by atoms with Crippen LogP contribution in [0.5, 0.6) is 11.5 Å². The summed E-state index contributed by atoms with van der Waals surface area (Å²) >= 11 is 0. The fourth-order valence-corrected chi connectivity index (χ4v) is 3.19. The van der Waals surface area contributed by atoms with Crippen molar-refractivity contribution >= 4 is 34.2 Å². The smallest absolute Gasteiger partial charge is 0.291 e. The lowest BCUT2D eigenvalue weighted by Gasteiger charge is -2.13. The lowest BCUT2D eigenvalue weighted by molar-refractivity contribution is 0.0995. The van der Waals surface area contributed by atoms with Gasteiger partial charge in [-0.05, 0) is 48.5 Å². The van der Waals surface area contributed by atoms with E-state index in [1.807, 2.05) is 18.2 Å². The number of methoxy groups -OCH3 is 2. The van der Waals surface area contributed by atoms with E-state index in [0.29, 0.717) is 34.0 Å². The molecule has 3 aromatic carbocycles. The molecule has 1 aromatic heterocycles. The van der Waals surface area contributed by atoms with Gasteiger partial charge in [0.2, 0.25) is 0 Å². The molecule has 0 fully saturated rings. The fourth-order valence-electron chi connectivity index (χ4n) is 3.19. The van der Waals surface area contributed by atoms with Gasteiger partial charge in [0.25, 0.3) is 11.8 Å². The molecular weight excluding hydrogens is 396 g/mol. The monoisotopic (exact) mass is 416 g/mol. The van der Waals surface area contributed by atoms with Gasteiger partial charge in [-0.1, -0.05) is 24.3 Å². The average Bonchev–Trinajstić information content (AvgIpc) is 3.24. The van der Waals surface area contributed by atoms with Gasteiger partial charge in [-0.3, -0.25) is 9.59 Å². The predicted molar refractivity (Wildman–Crippen MR) is 118 cm³/mol. The van der Waals surface area contributed by atoms with Crippen molar-refractivity contribution in [2.24, 2.45) is 0 Å². The Kier molecular flexibility index (Phi) is 5.57. The summed E-state index contributed by atoms with van der Waals surface area (Å²) < 4.78 is 16.1. The predicted octanol–water partition coefficient (Wildman–Crippen LogP) is 4.95. The van der Waals surface area contributed by atoms with Gasteiger partial charge >= 0.3 is 0 Å². The number of nitrogens with one attached hydrogen (secondary N) is 2. The SMILES string of the molecule is COc1cccc(OC)c1C(=O)Nc1ccc(NC(=O)c2cc3ccccc3o2)cc1. The molecule has 0 aliphatic carbocycles. The molecule has 4 aromatic rings. The zero-order valence-electron chi connectivity index (χ0n) is 17.0. The Balaban J connectivity index is 1.46. The summed E-state index contributed by atoms with van der Waals surface area (Å²) in [4.78, 5) is 25.2. The maximum atomic E-state index is 12.8. The second-order valence-corrected chi connectivity index (χ2v) is 6.67. The maximum absolute atomic E-state index is 12.8. The highest BCUT2D eigenvalue weighted by Crippen LogP contribution is 2.29. The van der Waals surface area contributed by atoms with Gasteiger partial charge in [0.1, 0.15) is 22.6 Å². The number of rotatable bonds is 6. The quantitative estimate of drug-likeness (QED) is 0.464. The van der Waals surface area contributed by atoms with Gasteiger partial charge in [0.15, 0.2) is 5.76 Å². The summed E-state index contributed by atoms with van der Waals surface area (Å²) in [5.41, 5.74) is 2.07. The minimum absolute atomic E-state index is 0.224. The van der Waals surface area contributed by atoms with E-state index in [0.717, 1.165) is 5.39 Å². The molecule has 0 radical (unpaired) electrons. The van der Waals surface area contributed by atoms with Crippen molar-refractivity contribution in [3.8, 4) is 11.5 Å². The summed E-state index contributed by atoms with van der Waals surface area (Å²) in [6.07, 6.45) is 0. The third-order valence-electron chi connectivity index (χ3n) is 4.70. The molecule has 31 heavy (non-hydrogen) atoms. The van der Waals surface area contributed by atoms with Gasteiger partial charge < -0.3 is 24.5 Å². The topological polar surface area (TPSA) is 89.8 Å². The number of ether oxygens (including phenoxy) is 2. The van der Waals surface area contributed by atoms with Crippen LogP contribution in [0, 0.1) is 0 Å². The number of amides is 2. The maximum Gasteiger partial charge on any atom is 0.291 e. The Morgan fingerprint density at radius 1 is 0.742 bits per heavy atom. The summed E-state index contributed by atoms with van der Waals surface area (Å²) in [6.45, 7) is 0. The average molecular weight is 416 g/mol. The van der Waals surface area contributed by atoms with E-state index in [1.165, 1.54) is 14.2 Å². The lowest BCUT2D eigenvalue weighted by Crippen LogP contribution is -2.15. The summed E-state index contributed by atoms with van der Waals surface area (Å²) in [7, 11) is 2.98. The Bertz CT molecular complexity index is 1190. The van der Waals surface area contributed by atoms with E-state index >= 15 is 0 Å². The van der Waals surface area contributed by atoms with Crippen LogP contribution in [0.4, 0.5) is 11.4 Å². The Morgan fingerprint density at radius 3 is 1.90 bits per heavy atom. The number of fused-ring (bicyclic) bond motifs is 1. The van der Waals surface area contributed by atoms with Gasteiger partial charge in [-0.15, -0.1) is 0 Å². The second-order valence-electron chi connectivity index (χ2n) is 6.67. The van der Waals surface area contributed by atoms with Crippen LogP contribution in [-0.2, 0) is 0 Å². The van der Waals surface area contributed by atoms with E-state index in [2.05, 4.69) is 10.6 Å². The third kappa shape index (κ3) is 4.20. The highest BCUT2D eigenvalue weighted by Gasteiger charge is 2.18. The molecule has 0 aliphatic heterocycles. The number of furan rings is 1. The number of benzene rings is 3.